The van der Waals surface area contributed by atoms with Gasteiger partial charge < -0.3 is 9.47 Å². The number of benzene rings is 2. The molecule has 0 saturated carbocycles. The van der Waals surface area contributed by atoms with E-state index in [4.69, 9.17) is 9.47 Å². The number of thioether (sulfide) groups is 1. The average Bonchev–Trinajstić information content (AvgIpc) is 2.98. The second-order valence-electron chi connectivity index (χ2n) is 4.75. The Morgan fingerprint density at radius 2 is 1.95 bits per heavy atom. The van der Waals surface area contributed by atoms with E-state index in [-0.39, 0.29) is 4.70 Å². The van der Waals surface area contributed by atoms with Gasteiger partial charge in [0, 0.05) is 17.7 Å². The first-order valence-corrected chi connectivity index (χ1v) is 7.70. The highest BCUT2D eigenvalue weighted by molar-refractivity contribution is 7.99. The van der Waals surface area contributed by atoms with Crippen molar-refractivity contribution in [2.45, 2.75) is 18.1 Å². The van der Waals surface area contributed by atoms with Crippen LogP contribution in [0.15, 0.2) is 36.4 Å². The lowest BCUT2D eigenvalue weighted by molar-refractivity contribution is 0.0522. The SMILES string of the molecule is COCOc1ccc(C2CCCS2)c2ccccc12.F. The molecule has 2 aromatic rings. The van der Waals surface area contributed by atoms with Gasteiger partial charge in [-0.2, -0.15) is 11.8 Å². The van der Waals surface area contributed by atoms with Crippen LogP contribution in [0.25, 0.3) is 10.8 Å². The number of methoxy groups -OCH3 is 1. The smallest absolute Gasteiger partial charge is 0.188 e. The lowest BCUT2D eigenvalue weighted by Gasteiger charge is -2.15. The van der Waals surface area contributed by atoms with Gasteiger partial charge in [0.15, 0.2) is 6.79 Å². The van der Waals surface area contributed by atoms with Crippen LogP contribution in [0.3, 0.4) is 0 Å². The van der Waals surface area contributed by atoms with E-state index in [1.54, 1.807) is 7.11 Å². The molecular weight excluding hydrogens is 275 g/mol. The van der Waals surface area contributed by atoms with Gasteiger partial charge in [-0.25, -0.2) is 0 Å². The maximum atomic E-state index is 5.66. The van der Waals surface area contributed by atoms with Gasteiger partial charge in [-0.05, 0) is 35.6 Å². The Bertz CT molecular complexity index is 567. The zero-order valence-electron chi connectivity index (χ0n) is 11.5. The van der Waals surface area contributed by atoms with Crippen LogP contribution in [0.4, 0.5) is 4.70 Å². The summed E-state index contributed by atoms with van der Waals surface area (Å²) in [4.78, 5) is 0. The fourth-order valence-corrected chi connectivity index (χ4v) is 3.98. The second kappa shape index (κ2) is 6.95. The van der Waals surface area contributed by atoms with E-state index in [2.05, 4.69) is 48.2 Å². The number of halogens is 1. The largest absolute Gasteiger partial charge is 0.467 e. The normalized spacial score (nSPS) is 17.9. The highest BCUT2D eigenvalue weighted by atomic mass is 32.2. The Morgan fingerprint density at radius 1 is 1.15 bits per heavy atom. The van der Waals surface area contributed by atoms with E-state index in [0.717, 1.165) is 5.75 Å². The molecule has 3 rings (SSSR count). The second-order valence-corrected chi connectivity index (χ2v) is 6.06. The number of rotatable bonds is 4. The van der Waals surface area contributed by atoms with Gasteiger partial charge in [-0.1, -0.05) is 30.3 Å². The van der Waals surface area contributed by atoms with Crippen molar-refractivity contribution in [1.82, 2.24) is 0 Å². The third-order valence-corrected chi connectivity index (χ3v) is 4.94. The van der Waals surface area contributed by atoms with E-state index < -0.39 is 0 Å². The molecule has 1 saturated heterocycles. The van der Waals surface area contributed by atoms with E-state index in [0.29, 0.717) is 12.0 Å². The maximum absolute atomic E-state index is 5.66. The molecular formula is C16H19FO2S. The molecule has 0 aliphatic carbocycles. The van der Waals surface area contributed by atoms with Crippen molar-refractivity contribution in [3.05, 3.63) is 42.0 Å². The van der Waals surface area contributed by atoms with Gasteiger partial charge in [0.05, 0.1) is 0 Å². The maximum Gasteiger partial charge on any atom is 0.188 e. The highest BCUT2D eigenvalue weighted by Gasteiger charge is 2.20. The Kier molecular flexibility index (Phi) is 5.26. The number of hydrogen-bond acceptors (Lipinski definition) is 3. The Balaban J connectivity index is 0.00000147. The van der Waals surface area contributed by atoms with E-state index in [1.165, 1.54) is 34.9 Å². The molecule has 0 N–H and O–H groups in total. The molecule has 108 valence electrons. The first-order valence-electron chi connectivity index (χ1n) is 6.65. The molecule has 1 aliphatic rings. The molecule has 20 heavy (non-hydrogen) atoms. The topological polar surface area (TPSA) is 18.5 Å². The molecule has 0 bridgehead atoms. The average molecular weight is 294 g/mol. The molecule has 1 aliphatic heterocycles. The molecule has 0 aromatic heterocycles. The molecule has 4 heteroatoms. The summed E-state index contributed by atoms with van der Waals surface area (Å²) in [5.41, 5.74) is 1.45. The molecule has 1 atom stereocenters. The van der Waals surface area contributed by atoms with Crippen LogP contribution < -0.4 is 4.74 Å². The monoisotopic (exact) mass is 294 g/mol. The van der Waals surface area contributed by atoms with Gasteiger partial charge in [0.25, 0.3) is 0 Å². The summed E-state index contributed by atoms with van der Waals surface area (Å²) in [7, 11) is 1.64. The number of fused-ring (bicyclic) bond motifs is 1. The van der Waals surface area contributed by atoms with Crippen molar-refractivity contribution < 1.29 is 14.2 Å². The molecule has 1 unspecified atom stereocenters. The Labute approximate surface area is 122 Å². The molecule has 0 spiro atoms. The van der Waals surface area contributed by atoms with Crippen LogP contribution in [-0.4, -0.2) is 19.7 Å². The van der Waals surface area contributed by atoms with Crippen molar-refractivity contribution in [1.29, 1.82) is 0 Å². The predicted molar refractivity (Wildman–Crippen MR) is 83.4 cm³/mol. The number of hydrogen-bond donors (Lipinski definition) is 0. The van der Waals surface area contributed by atoms with Crippen LogP contribution >= 0.6 is 11.8 Å². The summed E-state index contributed by atoms with van der Waals surface area (Å²) in [5, 5.41) is 3.14. The molecule has 0 radical (unpaired) electrons. The summed E-state index contributed by atoms with van der Waals surface area (Å²) in [6.45, 7) is 0.293. The van der Waals surface area contributed by atoms with Crippen LogP contribution in [-0.2, 0) is 4.74 Å². The van der Waals surface area contributed by atoms with Gasteiger partial charge in [-0.15, -0.1) is 0 Å². The lowest BCUT2D eigenvalue weighted by atomic mass is 9.99. The van der Waals surface area contributed by atoms with Crippen molar-refractivity contribution >= 4 is 22.5 Å². The van der Waals surface area contributed by atoms with Crippen molar-refractivity contribution in [3.63, 3.8) is 0 Å². The summed E-state index contributed by atoms with van der Waals surface area (Å²) >= 11 is 2.07. The van der Waals surface area contributed by atoms with E-state index in [1.807, 2.05) is 0 Å². The summed E-state index contributed by atoms with van der Waals surface area (Å²) in [6, 6.07) is 12.8. The van der Waals surface area contributed by atoms with Crippen LogP contribution in [0.5, 0.6) is 5.75 Å². The van der Waals surface area contributed by atoms with Crippen LogP contribution in [0.1, 0.15) is 23.7 Å². The van der Waals surface area contributed by atoms with Gasteiger partial charge in [0.2, 0.25) is 0 Å². The lowest BCUT2D eigenvalue weighted by Crippen LogP contribution is -2.00. The third-order valence-electron chi connectivity index (χ3n) is 3.53. The summed E-state index contributed by atoms with van der Waals surface area (Å²) < 4.78 is 10.7. The summed E-state index contributed by atoms with van der Waals surface area (Å²) in [5.74, 6) is 2.19. The minimum atomic E-state index is 0. The molecule has 2 aromatic carbocycles. The minimum Gasteiger partial charge on any atom is -0.467 e. The van der Waals surface area contributed by atoms with Crippen LogP contribution in [0.2, 0.25) is 0 Å². The number of ether oxygens (including phenoxy) is 2. The van der Waals surface area contributed by atoms with E-state index >= 15 is 0 Å². The van der Waals surface area contributed by atoms with Gasteiger partial charge in [0.1, 0.15) is 5.75 Å². The standard InChI is InChI=1S/C16H18O2S.FH/c1-17-11-18-15-9-8-14(16-7-4-10-19-16)12-5-2-3-6-13(12)15;/h2-3,5-6,8-9,16H,4,7,10-11H2,1H3;1H. The van der Waals surface area contributed by atoms with E-state index in [9.17, 15) is 0 Å². The van der Waals surface area contributed by atoms with Crippen LogP contribution in [0, 0.1) is 0 Å². The fraction of sp³-hybridized carbons (Fsp3) is 0.375. The third kappa shape index (κ3) is 2.91. The summed E-state index contributed by atoms with van der Waals surface area (Å²) in [6.07, 6.45) is 2.61. The Hall–Kier alpha value is -1.26. The molecule has 1 fully saturated rings. The predicted octanol–water partition coefficient (Wildman–Crippen LogP) is 4.54. The Morgan fingerprint density at radius 3 is 2.65 bits per heavy atom. The first kappa shape index (κ1) is 15.1. The van der Waals surface area contributed by atoms with Gasteiger partial charge in [-0.3, -0.25) is 4.70 Å². The zero-order valence-corrected chi connectivity index (χ0v) is 12.3. The molecule has 0 amide bonds. The quantitative estimate of drug-likeness (QED) is 0.771. The van der Waals surface area contributed by atoms with Gasteiger partial charge >= 0.3 is 0 Å². The van der Waals surface area contributed by atoms with Crippen molar-refractivity contribution in [3.8, 4) is 5.75 Å². The highest BCUT2D eigenvalue weighted by Crippen LogP contribution is 2.43. The van der Waals surface area contributed by atoms with Crippen molar-refractivity contribution in [2.24, 2.45) is 0 Å². The zero-order chi connectivity index (χ0) is 13.1. The minimum absolute atomic E-state index is 0. The first-order chi connectivity index (χ1) is 9.40. The fourth-order valence-electron chi connectivity index (χ4n) is 2.65. The molecule has 1 heterocycles. The molecule has 2 nitrogen and oxygen atoms in total. The van der Waals surface area contributed by atoms with Crippen molar-refractivity contribution in [2.75, 3.05) is 19.7 Å².